The lowest BCUT2D eigenvalue weighted by Gasteiger charge is -2.22. The number of nitrogens with zero attached hydrogens (tertiary/aromatic N) is 1. The molecule has 0 amide bonds. The van der Waals surface area contributed by atoms with Crippen molar-refractivity contribution >= 4 is 5.78 Å². The number of carbonyl (C=O) groups excluding carboxylic acids is 1. The fourth-order valence-corrected chi connectivity index (χ4v) is 2.37. The van der Waals surface area contributed by atoms with E-state index in [2.05, 4.69) is 30.1 Å². The van der Waals surface area contributed by atoms with Gasteiger partial charge in [0, 0.05) is 18.7 Å². The normalized spacial score (nSPS) is 30.9. The molecule has 0 aromatic carbocycles. The van der Waals surface area contributed by atoms with Crippen LogP contribution in [0.5, 0.6) is 0 Å². The molecule has 82 valence electrons. The van der Waals surface area contributed by atoms with Crippen molar-refractivity contribution in [2.24, 2.45) is 0 Å². The first-order chi connectivity index (χ1) is 7.13. The summed E-state index contributed by atoms with van der Waals surface area (Å²) < 4.78 is 0. The van der Waals surface area contributed by atoms with Crippen molar-refractivity contribution in [3.8, 4) is 0 Å². The van der Waals surface area contributed by atoms with Gasteiger partial charge >= 0.3 is 0 Å². The average Bonchev–Trinajstić information content (AvgIpc) is 2.42. The zero-order chi connectivity index (χ0) is 11.0. The minimum atomic E-state index is 0.209. The van der Waals surface area contributed by atoms with Gasteiger partial charge in [0.05, 0.1) is 12.2 Å². The zero-order valence-electron chi connectivity index (χ0n) is 9.58. The molecule has 0 saturated carbocycles. The van der Waals surface area contributed by atoms with Crippen LogP contribution >= 0.6 is 0 Å². The quantitative estimate of drug-likeness (QED) is 0.704. The SMILES string of the molecule is CCN1C2=CC=C(C)C(=O)CC2NC1C. The highest BCUT2D eigenvalue weighted by atomic mass is 16.1. The van der Waals surface area contributed by atoms with Gasteiger partial charge in [-0.1, -0.05) is 6.08 Å². The molecule has 0 spiro atoms. The first kappa shape index (κ1) is 10.4. The van der Waals surface area contributed by atoms with Crippen molar-refractivity contribution in [3.63, 3.8) is 0 Å². The molecule has 1 N–H and O–H groups in total. The van der Waals surface area contributed by atoms with E-state index in [1.54, 1.807) is 0 Å². The molecular weight excluding hydrogens is 188 g/mol. The molecule has 2 atom stereocenters. The van der Waals surface area contributed by atoms with Crippen molar-refractivity contribution in [1.29, 1.82) is 0 Å². The highest BCUT2D eigenvalue weighted by molar-refractivity contribution is 5.96. The van der Waals surface area contributed by atoms with E-state index in [0.717, 1.165) is 12.1 Å². The van der Waals surface area contributed by atoms with Crippen molar-refractivity contribution in [3.05, 3.63) is 23.4 Å². The lowest BCUT2D eigenvalue weighted by molar-refractivity contribution is -0.115. The number of allylic oxidation sites excluding steroid dienone is 3. The van der Waals surface area contributed by atoms with Crippen molar-refractivity contribution < 1.29 is 4.79 Å². The third kappa shape index (κ3) is 1.72. The maximum Gasteiger partial charge on any atom is 0.160 e. The average molecular weight is 206 g/mol. The standard InChI is InChI=1S/C12H18N2O/c1-4-14-9(3)13-10-7-12(15)8(2)5-6-11(10)14/h5-6,9-10,13H,4,7H2,1-3H3. The van der Waals surface area contributed by atoms with E-state index in [9.17, 15) is 4.79 Å². The first-order valence-electron chi connectivity index (χ1n) is 5.58. The van der Waals surface area contributed by atoms with Gasteiger partial charge in [0.25, 0.3) is 0 Å². The van der Waals surface area contributed by atoms with Crippen LogP contribution in [0.1, 0.15) is 27.2 Å². The van der Waals surface area contributed by atoms with E-state index in [-0.39, 0.29) is 11.8 Å². The Kier molecular flexibility index (Phi) is 2.65. The molecule has 0 radical (unpaired) electrons. The van der Waals surface area contributed by atoms with E-state index in [4.69, 9.17) is 0 Å². The summed E-state index contributed by atoms with van der Waals surface area (Å²) in [4.78, 5) is 14.0. The number of hydrogen-bond donors (Lipinski definition) is 1. The summed E-state index contributed by atoms with van der Waals surface area (Å²) in [6.07, 6.45) is 4.96. The Morgan fingerprint density at radius 1 is 1.53 bits per heavy atom. The molecule has 0 aromatic heterocycles. The Bertz CT molecular complexity index is 344. The van der Waals surface area contributed by atoms with Gasteiger partial charge in [-0.05, 0) is 32.4 Å². The number of nitrogens with one attached hydrogen (secondary N) is 1. The molecular formula is C12H18N2O. The summed E-state index contributed by atoms with van der Waals surface area (Å²) in [6.45, 7) is 7.16. The first-order valence-corrected chi connectivity index (χ1v) is 5.58. The Morgan fingerprint density at radius 2 is 2.27 bits per heavy atom. The lowest BCUT2D eigenvalue weighted by Crippen LogP contribution is -2.33. The topological polar surface area (TPSA) is 32.3 Å². The summed E-state index contributed by atoms with van der Waals surface area (Å²) in [6, 6.07) is 0.209. The Hall–Kier alpha value is -1.09. The van der Waals surface area contributed by atoms with E-state index >= 15 is 0 Å². The fourth-order valence-electron chi connectivity index (χ4n) is 2.37. The van der Waals surface area contributed by atoms with Gasteiger partial charge in [0.15, 0.2) is 5.78 Å². The third-order valence-electron chi connectivity index (χ3n) is 3.27. The second kappa shape index (κ2) is 3.81. The van der Waals surface area contributed by atoms with Crippen LogP contribution < -0.4 is 5.32 Å². The van der Waals surface area contributed by atoms with E-state index in [1.807, 2.05) is 13.0 Å². The molecule has 1 fully saturated rings. The summed E-state index contributed by atoms with van der Waals surface area (Å²) >= 11 is 0. The van der Waals surface area contributed by atoms with Crippen LogP contribution in [-0.4, -0.2) is 29.4 Å². The Labute approximate surface area is 90.8 Å². The second-order valence-corrected chi connectivity index (χ2v) is 4.25. The number of carbonyl (C=O) groups is 1. The highest BCUT2D eigenvalue weighted by Gasteiger charge is 2.33. The van der Waals surface area contributed by atoms with Gasteiger partial charge in [-0.15, -0.1) is 0 Å². The van der Waals surface area contributed by atoms with Crippen molar-refractivity contribution in [2.45, 2.75) is 39.4 Å². The summed E-state index contributed by atoms with van der Waals surface area (Å²) in [5, 5.41) is 3.45. The number of fused-ring (bicyclic) bond motifs is 1. The van der Waals surface area contributed by atoms with Crippen LogP contribution in [0.4, 0.5) is 0 Å². The van der Waals surface area contributed by atoms with Crippen molar-refractivity contribution in [1.82, 2.24) is 10.2 Å². The Morgan fingerprint density at radius 3 is 2.93 bits per heavy atom. The smallest absolute Gasteiger partial charge is 0.160 e. The molecule has 0 aromatic rings. The monoisotopic (exact) mass is 206 g/mol. The van der Waals surface area contributed by atoms with E-state index in [1.165, 1.54) is 5.70 Å². The molecule has 2 aliphatic rings. The fraction of sp³-hybridized carbons (Fsp3) is 0.583. The second-order valence-electron chi connectivity index (χ2n) is 4.25. The zero-order valence-corrected chi connectivity index (χ0v) is 9.58. The molecule has 1 aliphatic heterocycles. The number of hydrogen-bond acceptors (Lipinski definition) is 3. The van der Waals surface area contributed by atoms with Gasteiger partial charge < -0.3 is 4.90 Å². The van der Waals surface area contributed by atoms with Crippen LogP contribution in [0.15, 0.2) is 23.4 Å². The molecule has 2 rings (SSSR count). The van der Waals surface area contributed by atoms with Gasteiger partial charge in [-0.25, -0.2) is 0 Å². The van der Waals surface area contributed by atoms with E-state index in [0.29, 0.717) is 12.6 Å². The van der Waals surface area contributed by atoms with Crippen LogP contribution in [0, 0.1) is 0 Å². The molecule has 3 heteroatoms. The predicted octanol–water partition coefficient (Wildman–Crippen LogP) is 1.43. The minimum Gasteiger partial charge on any atom is -0.359 e. The maximum absolute atomic E-state index is 11.7. The lowest BCUT2D eigenvalue weighted by atomic mass is 10.1. The molecule has 1 aliphatic carbocycles. The Balaban J connectivity index is 2.30. The predicted molar refractivity (Wildman–Crippen MR) is 60.2 cm³/mol. The van der Waals surface area contributed by atoms with Gasteiger partial charge in [-0.3, -0.25) is 10.1 Å². The van der Waals surface area contributed by atoms with Gasteiger partial charge in [0.1, 0.15) is 0 Å². The largest absolute Gasteiger partial charge is 0.359 e. The van der Waals surface area contributed by atoms with Gasteiger partial charge in [-0.2, -0.15) is 0 Å². The third-order valence-corrected chi connectivity index (χ3v) is 3.27. The summed E-state index contributed by atoms with van der Waals surface area (Å²) in [5.74, 6) is 0.254. The van der Waals surface area contributed by atoms with Crippen LogP contribution in [-0.2, 0) is 4.79 Å². The molecule has 1 heterocycles. The maximum atomic E-state index is 11.7. The minimum absolute atomic E-state index is 0.209. The number of ketones is 1. The molecule has 0 bridgehead atoms. The molecule has 1 saturated heterocycles. The number of likely N-dealkylation sites (N-methyl/N-ethyl adjacent to an activating group) is 1. The number of rotatable bonds is 1. The van der Waals surface area contributed by atoms with Crippen LogP contribution in [0.3, 0.4) is 0 Å². The molecule has 15 heavy (non-hydrogen) atoms. The summed E-state index contributed by atoms with van der Waals surface area (Å²) in [7, 11) is 0. The molecule has 3 nitrogen and oxygen atoms in total. The van der Waals surface area contributed by atoms with Crippen LogP contribution in [0.2, 0.25) is 0 Å². The highest BCUT2D eigenvalue weighted by Crippen LogP contribution is 2.26. The van der Waals surface area contributed by atoms with Crippen LogP contribution in [0.25, 0.3) is 0 Å². The summed E-state index contributed by atoms with van der Waals surface area (Å²) in [5.41, 5.74) is 2.12. The van der Waals surface area contributed by atoms with Crippen molar-refractivity contribution in [2.75, 3.05) is 6.54 Å². The molecule has 2 unspecified atom stereocenters. The van der Waals surface area contributed by atoms with E-state index < -0.39 is 0 Å². The number of Topliss-reactive ketones (excluding diaryl/α,β-unsaturated/α-hetero) is 1. The van der Waals surface area contributed by atoms with Gasteiger partial charge in [0.2, 0.25) is 0 Å².